The van der Waals surface area contributed by atoms with Crippen molar-refractivity contribution in [3.8, 4) is 0 Å². The summed E-state index contributed by atoms with van der Waals surface area (Å²) in [6.45, 7) is 6.00. The lowest BCUT2D eigenvalue weighted by atomic mass is 9.92. The van der Waals surface area contributed by atoms with Crippen LogP contribution in [0.25, 0.3) is 0 Å². The zero-order chi connectivity index (χ0) is 15.4. The summed E-state index contributed by atoms with van der Waals surface area (Å²) in [6, 6.07) is 2.14. The van der Waals surface area contributed by atoms with Gasteiger partial charge in [-0.05, 0) is 64.1 Å². The van der Waals surface area contributed by atoms with E-state index in [1.165, 1.54) is 18.5 Å². The number of H-pyrrole nitrogens is 1. The van der Waals surface area contributed by atoms with Crippen LogP contribution in [0.1, 0.15) is 55.8 Å². The van der Waals surface area contributed by atoms with E-state index < -0.39 is 0 Å². The van der Waals surface area contributed by atoms with E-state index in [2.05, 4.69) is 26.5 Å². The molecule has 0 aliphatic carbocycles. The van der Waals surface area contributed by atoms with E-state index in [0.29, 0.717) is 17.7 Å². The summed E-state index contributed by atoms with van der Waals surface area (Å²) in [5.74, 6) is 1.45. The standard InChI is InChI=1S/C17H28N4O/c1-13-11-16(20-19-13)15-5-9-21(10-6-15)17(22)12-14-3-2-7-18-8-4-14/h11,14-15,18H,2-10,12H2,1H3,(H,19,20). The van der Waals surface area contributed by atoms with Gasteiger partial charge in [-0.1, -0.05) is 0 Å². The smallest absolute Gasteiger partial charge is 0.222 e. The Balaban J connectivity index is 1.47. The van der Waals surface area contributed by atoms with Gasteiger partial charge in [0.25, 0.3) is 0 Å². The first-order valence-corrected chi connectivity index (χ1v) is 8.73. The summed E-state index contributed by atoms with van der Waals surface area (Å²) in [4.78, 5) is 14.6. The number of carbonyl (C=O) groups excluding carboxylic acids is 1. The van der Waals surface area contributed by atoms with Gasteiger partial charge in [-0.25, -0.2) is 0 Å². The van der Waals surface area contributed by atoms with Crippen molar-refractivity contribution in [3.63, 3.8) is 0 Å². The predicted octanol–water partition coefficient (Wildman–Crippen LogP) is 2.20. The van der Waals surface area contributed by atoms with Crippen molar-refractivity contribution >= 4 is 5.91 Å². The molecule has 5 nitrogen and oxygen atoms in total. The Kier molecular flexibility index (Phi) is 5.13. The molecule has 0 saturated carbocycles. The quantitative estimate of drug-likeness (QED) is 0.900. The van der Waals surface area contributed by atoms with Gasteiger partial charge in [0.05, 0.1) is 5.69 Å². The fourth-order valence-electron chi connectivity index (χ4n) is 3.74. The molecule has 1 aromatic rings. The first kappa shape index (κ1) is 15.5. The van der Waals surface area contributed by atoms with Gasteiger partial charge in [-0.2, -0.15) is 5.10 Å². The highest BCUT2D eigenvalue weighted by molar-refractivity contribution is 5.76. The third-order valence-electron chi connectivity index (χ3n) is 5.15. The van der Waals surface area contributed by atoms with E-state index in [1.54, 1.807) is 0 Å². The van der Waals surface area contributed by atoms with Gasteiger partial charge >= 0.3 is 0 Å². The SMILES string of the molecule is Cc1cc(C2CCN(C(=O)CC3CCCNCC3)CC2)n[nH]1. The molecule has 1 aromatic heterocycles. The molecule has 2 N–H and O–H groups in total. The number of nitrogens with zero attached hydrogens (tertiary/aromatic N) is 2. The average molecular weight is 304 g/mol. The lowest BCUT2D eigenvalue weighted by Gasteiger charge is -2.32. The molecule has 0 radical (unpaired) electrons. The summed E-state index contributed by atoms with van der Waals surface area (Å²) in [5.41, 5.74) is 2.29. The van der Waals surface area contributed by atoms with E-state index in [4.69, 9.17) is 0 Å². The summed E-state index contributed by atoms with van der Waals surface area (Å²) >= 11 is 0. The Bertz CT molecular complexity index is 483. The van der Waals surface area contributed by atoms with E-state index in [1.807, 2.05) is 6.92 Å². The van der Waals surface area contributed by atoms with Gasteiger partial charge in [-0.3, -0.25) is 9.89 Å². The van der Waals surface area contributed by atoms with Crippen molar-refractivity contribution in [1.29, 1.82) is 0 Å². The number of hydrogen-bond acceptors (Lipinski definition) is 3. The van der Waals surface area contributed by atoms with Gasteiger partial charge in [0.15, 0.2) is 0 Å². The van der Waals surface area contributed by atoms with Crippen LogP contribution >= 0.6 is 0 Å². The Morgan fingerprint density at radius 2 is 2.09 bits per heavy atom. The summed E-state index contributed by atoms with van der Waals surface area (Å²) < 4.78 is 0. The number of aromatic amines is 1. The molecule has 1 amide bonds. The molecule has 1 atom stereocenters. The predicted molar refractivity (Wildman–Crippen MR) is 86.7 cm³/mol. The number of nitrogens with one attached hydrogen (secondary N) is 2. The number of amides is 1. The van der Waals surface area contributed by atoms with Gasteiger partial charge in [0, 0.05) is 31.1 Å². The topological polar surface area (TPSA) is 61.0 Å². The first-order valence-electron chi connectivity index (χ1n) is 8.73. The Morgan fingerprint density at radius 1 is 1.27 bits per heavy atom. The molecule has 0 spiro atoms. The molecular formula is C17H28N4O. The molecule has 22 heavy (non-hydrogen) atoms. The first-order chi connectivity index (χ1) is 10.7. The van der Waals surface area contributed by atoms with Gasteiger partial charge in [0.1, 0.15) is 0 Å². The molecule has 0 bridgehead atoms. The number of aryl methyl sites for hydroxylation is 1. The molecule has 2 saturated heterocycles. The lowest BCUT2D eigenvalue weighted by molar-refractivity contribution is -0.133. The normalized spacial score (nSPS) is 24.2. The number of hydrogen-bond donors (Lipinski definition) is 2. The van der Waals surface area contributed by atoms with Gasteiger partial charge in [0.2, 0.25) is 5.91 Å². The fourth-order valence-corrected chi connectivity index (χ4v) is 3.74. The second-order valence-electron chi connectivity index (χ2n) is 6.88. The minimum atomic E-state index is 0.364. The van der Waals surface area contributed by atoms with Crippen LogP contribution in [0.15, 0.2) is 6.07 Å². The Morgan fingerprint density at radius 3 is 2.82 bits per heavy atom. The molecule has 122 valence electrons. The van der Waals surface area contributed by atoms with Crippen LogP contribution in [-0.4, -0.2) is 47.2 Å². The maximum absolute atomic E-state index is 12.5. The van der Waals surface area contributed by atoms with Crippen LogP contribution in [0, 0.1) is 12.8 Å². The maximum atomic E-state index is 12.5. The van der Waals surface area contributed by atoms with Crippen LogP contribution in [0.4, 0.5) is 0 Å². The van der Waals surface area contributed by atoms with E-state index in [0.717, 1.165) is 57.6 Å². The molecule has 1 unspecified atom stereocenters. The molecule has 2 aliphatic heterocycles. The van der Waals surface area contributed by atoms with Crippen LogP contribution in [0.5, 0.6) is 0 Å². The Labute approximate surface area is 132 Å². The average Bonchev–Trinajstić information content (AvgIpc) is 2.80. The van der Waals surface area contributed by atoms with Crippen LogP contribution in [-0.2, 0) is 4.79 Å². The Hall–Kier alpha value is -1.36. The van der Waals surface area contributed by atoms with Gasteiger partial charge < -0.3 is 10.2 Å². The van der Waals surface area contributed by atoms with Crippen molar-refractivity contribution in [2.24, 2.45) is 5.92 Å². The minimum Gasteiger partial charge on any atom is -0.343 e. The molecule has 0 aromatic carbocycles. The van der Waals surface area contributed by atoms with E-state index >= 15 is 0 Å². The minimum absolute atomic E-state index is 0.364. The summed E-state index contributed by atoms with van der Waals surface area (Å²) in [7, 11) is 0. The molecular weight excluding hydrogens is 276 g/mol. The highest BCUT2D eigenvalue weighted by Gasteiger charge is 2.26. The highest BCUT2D eigenvalue weighted by atomic mass is 16.2. The van der Waals surface area contributed by atoms with Gasteiger partial charge in [-0.15, -0.1) is 0 Å². The third kappa shape index (κ3) is 3.88. The second-order valence-corrected chi connectivity index (χ2v) is 6.88. The third-order valence-corrected chi connectivity index (χ3v) is 5.15. The number of aromatic nitrogens is 2. The molecule has 3 heterocycles. The number of carbonyl (C=O) groups is 1. The highest BCUT2D eigenvalue weighted by Crippen LogP contribution is 2.28. The van der Waals surface area contributed by atoms with Crippen molar-refractivity contribution < 1.29 is 4.79 Å². The van der Waals surface area contributed by atoms with E-state index in [-0.39, 0.29) is 0 Å². The van der Waals surface area contributed by atoms with Crippen molar-refractivity contribution in [2.45, 2.75) is 51.4 Å². The van der Waals surface area contributed by atoms with Crippen LogP contribution in [0.2, 0.25) is 0 Å². The molecule has 2 aliphatic rings. The molecule has 3 rings (SSSR count). The zero-order valence-corrected chi connectivity index (χ0v) is 13.6. The maximum Gasteiger partial charge on any atom is 0.222 e. The summed E-state index contributed by atoms with van der Waals surface area (Å²) in [5, 5.41) is 10.8. The number of piperidine rings is 1. The van der Waals surface area contributed by atoms with E-state index in [9.17, 15) is 4.79 Å². The van der Waals surface area contributed by atoms with Crippen LogP contribution in [0.3, 0.4) is 0 Å². The molecule has 5 heteroatoms. The largest absolute Gasteiger partial charge is 0.343 e. The molecule has 2 fully saturated rings. The van der Waals surface area contributed by atoms with Crippen molar-refractivity contribution in [2.75, 3.05) is 26.2 Å². The second kappa shape index (κ2) is 7.27. The van der Waals surface area contributed by atoms with Crippen molar-refractivity contribution in [1.82, 2.24) is 20.4 Å². The number of likely N-dealkylation sites (tertiary alicyclic amines) is 1. The number of rotatable bonds is 3. The van der Waals surface area contributed by atoms with Crippen molar-refractivity contribution in [3.05, 3.63) is 17.5 Å². The lowest BCUT2D eigenvalue weighted by Crippen LogP contribution is -2.38. The monoisotopic (exact) mass is 304 g/mol. The summed E-state index contributed by atoms with van der Waals surface area (Å²) in [6.07, 6.45) is 6.38. The fraction of sp³-hybridized carbons (Fsp3) is 0.765. The van der Waals surface area contributed by atoms with Crippen LogP contribution < -0.4 is 5.32 Å². The zero-order valence-electron chi connectivity index (χ0n) is 13.6.